The minimum atomic E-state index is -0.331. The SMILES string of the molecule is CCC(CC)C(=O)Nc1ccc(N2CCN(C(c3ccccc3)c3nc(C)no3)CC2)c(F)c1. The molecule has 1 N–H and O–H groups in total. The fourth-order valence-electron chi connectivity index (χ4n) is 4.54. The summed E-state index contributed by atoms with van der Waals surface area (Å²) in [6.07, 6.45) is 1.53. The summed E-state index contributed by atoms with van der Waals surface area (Å²) in [6.45, 7) is 8.53. The number of piperazine rings is 1. The second-order valence-electron chi connectivity index (χ2n) is 8.68. The van der Waals surface area contributed by atoms with Crippen LogP contribution in [0.5, 0.6) is 0 Å². The molecule has 3 aromatic rings. The number of amides is 1. The van der Waals surface area contributed by atoms with Crippen molar-refractivity contribution < 1.29 is 13.7 Å². The molecular formula is C26H32FN5O2. The van der Waals surface area contributed by atoms with Crippen molar-refractivity contribution in [2.75, 3.05) is 36.4 Å². The Morgan fingerprint density at radius 2 is 1.79 bits per heavy atom. The van der Waals surface area contributed by atoms with E-state index in [0.29, 0.717) is 49.3 Å². The number of aryl methyl sites for hydroxylation is 1. The number of carbonyl (C=O) groups is 1. The monoisotopic (exact) mass is 465 g/mol. The lowest BCUT2D eigenvalue weighted by Gasteiger charge is -2.39. The number of hydrogen-bond acceptors (Lipinski definition) is 6. The van der Waals surface area contributed by atoms with E-state index in [2.05, 4.69) is 32.5 Å². The first-order valence-corrected chi connectivity index (χ1v) is 11.9. The van der Waals surface area contributed by atoms with E-state index in [9.17, 15) is 9.18 Å². The highest BCUT2D eigenvalue weighted by Gasteiger charge is 2.31. The van der Waals surface area contributed by atoms with Crippen LogP contribution in [0.4, 0.5) is 15.8 Å². The number of hydrogen-bond donors (Lipinski definition) is 1. The Bertz CT molecular complexity index is 1090. The molecule has 0 saturated carbocycles. The highest BCUT2D eigenvalue weighted by molar-refractivity contribution is 5.92. The van der Waals surface area contributed by atoms with Crippen molar-refractivity contribution in [2.24, 2.45) is 5.92 Å². The number of carbonyl (C=O) groups excluding carboxylic acids is 1. The molecule has 1 aliphatic rings. The number of rotatable bonds is 8. The van der Waals surface area contributed by atoms with Gasteiger partial charge in [-0.25, -0.2) is 4.39 Å². The molecular weight excluding hydrogens is 433 g/mol. The average molecular weight is 466 g/mol. The van der Waals surface area contributed by atoms with Crippen LogP contribution in [-0.2, 0) is 4.79 Å². The zero-order valence-electron chi connectivity index (χ0n) is 20.0. The van der Waals surface area contributed by atoms with Crippen molar-refractivity contribution in [1.82, 2.24) is 15.0 Å². The topological polar surface area (TPSA) is 74.5 Å². The first-order chi connectivity index (χ1) is 16.5. The van der Waals surface area contributed by atoms with Gasteiger partial charge in [-0.05, 0) is 43.5 Å². The summed E-state index contributed by atoms with van der Waals surface area (Å²) in [5.41, 5.74) is 2.13. The highest BCUT2D eigenvalue weighted by atomic mass is 19.1. The van der Waals surface area contributed by atoms with Crippen LogP contribution in [0, 0.1) is 18.7 Å². The fraction of sp³-hybridized carbons (Fsp3) is 0.423. The molecule has 2 heterocycles. The van der Waals surface area contributed by atoms with E-state index >= 15 is 0 Å². The molecule has 0 bridgehead atoms. The van der Waals surface area contributed by atoms with Gasteiger partial charge in [0.25, 0.3) is 0 Å². The maximum absolute atomic E-state index is 15.0. The Kier molecular flexibility index (Phi) is 7.57. The second-order valence-corrected chi connectivity index (χ2v) is 8.68. The van der Waals surface area contributed by atoms with E-state index in [4.69, 9.17) is 4.52 Å². The quantitative estimate of drug-likeness (QED) is 0.515. The lowest BCUT2D eigenvalue weighted by molar-refractivity contribution is -0.120. The maximum Gasteiger partial charge on any atom is 0.248 e. The lowest BCUT2D eigenvalue weighted by atomic mass is 10.0. The van der Waals surface area contributed by atoms with Crippen LogP contribution in [0.15, 0.2) is 53.1 Å². The van der Waals surface area contributed by atoms with Gasteiger partial charge in [-0.1, -0.05) is 49.3 Å². The fourth-order valence-corrected chi connectivity index (χ4v) is 4.54. The minimum absolute atomic E-state index is 0.0592. The molecule has 1 fully saturated rings. The summed E-state index contributed by atoms with van der Waals surface area (Å²) in [7, 11) is 0. The van der Waals surface area contributed by atoms with E-state index in [1.807, 2.05) is 43.9 Å². The Morgan fingerprint density at radius 3 is 2.38 bits per heavy atom. The van der Waals surface area contributed by atoms with E-state index in [1.54, 1.807) is 12.1 Å². The van der Waals surface area contributed by atoms with Crippen LogP contribution in [0.25, 0.3) is 0 Å². The number of benzene rings is 2. The number of nitrogens with zero attached hydrogens (tertiary/aromatic N) is 4. The predicted octanol–water partition coefficient (Wildman–Crippen LogP) is 4.80. The molecule has 8 heteroatoms. The zero-order valence-corrected chi connectivity index (χ0v) is 20.0. The van der Waals surface area contributed by atoms with Crippen molar-refractivity contribution in [3.05, 3.63) is 71.6 Å². The van der Waals surface area contributed by atoms with Gasteiger partial charge in [0.15, 0.2) is 5.82 Å². The Balaban J connectivity index is 1.45. The van der Waals surface area contributed by atoms with Crippen LogP contribution in [-0.4, -0.2) is 47.1 Å². The number of aromatic nitrogens is 2. The molecule has 1 saturated heterocycles. The molecule has 1 atom stereocenters. The summed E-state index contributed by atoms with van der Waals surface area (Å²) in [5, 5.41) is 6.83. The van der Waals surface area contributed by atoms with Gasteiger partial charge in [0, 0.05) is 37.8 Å². The number of nitrogens with one attached hydrogen (secondary N) is 1. The normalized spacial score (nSPS) is 15.5. The minimum Gasteiger partial charge on any atom is -0.367 e. The Morgan fingerprint density at radius 1 is 1.09 bits per heavy atom. The lowest BCUT2D eigenvalue weighted by Crippen LogP contribution is -2.48. The largest absolute Gasteiger partial charge is 0.367 e. The van der Waals surface area contributed by atoms with Crippen molar-refractivity contribution in [1.29, 1.82) is 0 Å². The van der Waals surface area contributed by atoms with Gasteiger partial charge >= 0.3 is 0 Å². The molecule has 0 aliphatic carbocycles. The third-order valence-corrected chi connectivity index (χ3v) is 6.48. The van der Waals surface area contributed by atoms with Crippen LogP contribution >= 0.6 is 0 Å². The Labute approximate surface area is 200 Å². The van der Waals surface area contributed by atoms with Crippen LogP contribution < -0.4 is 10.2 Å². The average Bonchev–Trinajstić information content (AvgIpc) is 3.27. The van der Waals surface area contributed by atoms with Gasteiger partial charge in [0.2, 0.25) is 11.8 Å². The van der Waals surface area contributed by atoms with Gasteiger partial charge in [-0.15, -0.1) is 0 Å². The molecule has 7 nitrogen and oxygen atoms in total. The van der Waals surface area contributed by atoms with Crippen LogP contribution in [0.1, 0.15) is 50.0 Å². The van der Waals surface area contributed by atoms with Crippen LogP contribution in [0.2, 0.25) is 0 Å². The third kappa shape index (κ3) is 5.28. The molecule has 2 aromatic carbocycles. The standard InChI is InChI=1S/C26H32FN5O2/c1-4-19(5-2)25(33)29-21-11-12-23(22(27)17-21)31-13-15-32(16-14-31)24(20-9-7-6-8-10-20)26-28-18(3)30-34-26/h6-12,17,19,24H,4-5,13-16H2,1-3H3,(H,29,33). The van der Waals surface area contributed by atoms with E-state index in [0.717, 1.165) is 18.4 Å². The molecule has 1 amide bonds. The molecule has 1 aliphatic heterocycles. The predicted molar refractivity (Wildman–Crippen MR) is 130 cm³/mol. The van der Waals surface area contributed by atoms with Gasteiger partial charge in [-0.2, -0.15) is 4.98 Å². The van der Waals surface area contributed by atoms with Crippen molar-refractivity contribution in [3.63, 3.8) is 0 Å². The summed E-state index contributed by atoms with van der Waals surface area (Å²) < 4.78 is 20.5. The first kappa shape index (κ1) is 23.9. The van der Waals surface area contributed by atoms with E-state index in [-0.39, 0.29) is 23.7 Å². The number of anilines is 2. The zero-order chi connectivity index (χ0) is 24.1. The van der Waals surface area contributed by atoms with Gasteiger partial charge in [0.05, 0.1) is 5.69 Å². The molecule has 180 valence electrons. The van der Waals surface area contributed by atoms with Crippen LogP contribution in [0.3, 0.4) is 0 Å². The molecule has 1 unspecified atom stereocenters. The molecule has 4 rings (SSSR count). The third-order valence-electron chi connectivity index (χ3n) is 6.48. The summed E-state index contributed by atoms with van der Waals surface area (Å²) in [6, 6.07) is 14.9. The molecule has 34 heavy (non-hydrogen) atoms. The molecule has 0 radical (unpaired) electrons. The second kappa shape index (κ2) is 10.8. The smallest absolute Gasteiger partial charge is 0.248 e. The molecule has 0 spiro atoms. The van der Waals surface area contributed by atoms with Crippen molar-refractivity contribution in [3.8, 4) is 0 Å². The van der Waals surface area contributed by atoms with E-state index in [1.165, 1.54) is 6.07 Å². The first-order valence-electron chi connectivity index (χ1n) is 11.9. The maximum atomic E-state index is 15.0. The summed E-state index contributed by atoms with van der Waals surface area (Å²) in [4.78, 5) is 21.2. The van der Waals surface area contributed by atoms with Gasteiger partial charge in [0.1, 0.15) is 11.9 Å². The van der Waals surface area contributed by atoms with Gasteiger partial charge < -0.3 is 14.7 Å². The Hall–Kier alpha value is -3.26. The van der Waals surface area contributed by atoms with Gasteiger partial charge in [-0.3, -0.25) is 9.69 Å². The highest BCUT2D eigenvalue weighted by Crippen LogP contribution is 2.30. The summed E-state index contributed by atoms with van der Waals surface area (Å²) in [5.74, 6) is 0.724. The van der Waals surface area contributed by atoms with Crippen molar-refractivity contribution in [2.45, 2.75) is 39.7 Å². The number of halogens is 1. The van der Waals surface area contributed by atoms with E-state index < -0.39 is 0 Å². The molecule has 1 aromatic heterocycles. The van der Waals surface area contributed by atoms with Crippen molar-refractivity contribution >= 4 is 17.3 Å². The summed E-state index contributed by atoms with van der Waals surface area (Å²) >= 11 is 0.